The summed E-state index contributed by atoms with van der Waals surface area (Å²) in [6.07, 6.45) is 0.195. The summed E-state index contributed by atoms with van der Waals surface area (Å²) in [5.74, 6) is -0.640. The Morgan fingerprint density at radius 1 is 1.08 bits per heavy atom. The van der Waals surface area contributed by atoms with Crippen LogP contribution in [0, 0.1) is 19.8 Å². The molecule has 0 saturated carbocycles. The third kappa shape index (κ3) is 3.80. The van der Waals surface area contributed by atoms with Crippen LogP contribution in [-0.4, -0.2) is 18.4 Å². The summed E-state index contributed by atoms with van der Waals surface area (Å²) in [5.41, 5.74) is 3.69. The van der Waals surface area contributed by atoms with Gasteiger partial charge in [-0.25, -0.2) is 0 Å². The molecule has 0 bridgehead atoms. The molecular formula is C19H18Cl2N2O2. The molecule has 6 heteroatoms. The van der Waals surface area contributed by atoms with Crippen LogP contribution < -0.4 is 10.2 Å². The molecule has 0 aromatic heterocycles. The van der Waals surface area contributed by atoms with E-state index in [2.05, 4.69) is 5.32 Å². The lowest BCUT2D eigenvalue weighted by Gasteiger charge is -2.18. The number of halogens is 2. The molecule has 130 valence electrons. The number of hydrogen-bond donors (Lipinski definition) is 1. The fraction of sp³-hybridized carbons (Fsp3) is 0.263. The minimum absolute atomic E-state index is 0.0439. The number of benzene rings is 2. The standard InChI is InChI=1S/C19H18Cl2N2O2/c1-11-3-5-15(7-12(11)2)23-10-13(8-18(23)24)19(25)22-14-4-6-16(20)17(21)9-14/h3-7,9,13H,8,10H2,1-2H3,(H,22,25)/t13-/m0/s1. The van der Waals surface area contributed by atoms with Gasteiger partial charge in [0.15, 0.2) is 0 Å². The molecule has 2 aromatic carbocycles. The van der Waals surface area contributed by atoms with Crippen molar-refractivity contribution in [2.75, 3.05) is 16.8 Å². The molecule has 4 nitrogen and oxygen atoms in total. The maximum atomic E-state index is 12.5. The Labute approximate surface area is 156 Å². The zero-order valence-corrected chi connectivity index (χ0v) is 15.5. The molecule has 3 rings (SSSR count). The predicted molar refractivity (Wildman–Crippen MR) is 101 cm³/mol. The highest BCUT2D eigenvalue weighted by molar-refractivity contribution is 6.42. The van der Waals surface area contributed by atoms with Gasteiger partial charge in [-0.2, -0.15) is 0 Å². The summed E-state index contributed by atoms with van der Waals surface area (Å²) >= 11 is 11.8. The SMILES string of the molecule is Cc1ccc(N2C[C@@H](C(=O)Nc3ccc(Cl)c(Cl)c3)CC2=O)cc1C. The Morgan fingerprint density at radius 3 is 2.52 bits per heavy atom. The Morgan fingerprint density at radius 2 is 1.84 bits per heavy atom. The summed E-state index contributed by atoms with van der Waals surface area (Å²) in [7, 11) is 0. The molecule has 1 aliphatic heterocycles. The highest BCUT2D eigenvalue weighted by atomic mass is 35.5. The molecule has 0 spiro atoms. The normalized spacial score (nSPS) is 17.0. The number of amides is 2. The van der Waals surface area contributed by atoms with E-state index in [1.807, 2.05) is 32.0 Å². The first-order valence-electron chi connectivity index (χ1n) is 7.98. The van der Waals surface area contributed by atoms with Crippen LogP contribution in [0.5, 0.6) is 0 Å². The van der Waals surface area contributed by atoms with Gasteiger partial charge in [0, 0.05) is 24.3 Å². The molecule has 1 saturated heterocycles. The van der Waals surface area contributed by atoms with Gasteiger partial charge in [0.2, 0.25) is 11.8 Å². The molecule has 1 aliphatic rings. The highest BCUT2D eigenvalue weighted by Gasteiger charge is 2.35. The molecule has 0 aliphatic carbocycles. The van der Waals surface area contributed by atoms with Gasteiger partial charge in [0.1, 0.15) is 0 Å². The smallest absolute Gasteiger partial charge is 0.229 e. The Bertz CT molecular complexity index is 851. The van der Waals surface area contributed by atoms with Gasteiger partial charge in [-0.1, -0.05) is 29.3 Å². The van der Waals surface area contributed by atoms with Crippen molar-refractivity contribution in [3.8, 4) is 0 Å². The topological polar surface area (TPSA) is 49.4 Å². The third-order valence-electron chi connectivity index (χ3n) is 4.49. The van der Waals surface area contributed by atoms with Crippen LogP contribution in [0.4, 0.5) is 11.4 Å². The number of carbonyl (C=O) groups is 2. The largest absolute Gasteiger partial charge is 0.326 e. The van der Waals surface area contributed by atoms with E-state index in [-0.39, 0.29) is 18.2 Å². The van der Waals surface area contributed by atoms with Crippen LogP contribution >= 0.6 is 23.2 Å². The van der Waals surface area contributed by atoms with Crippen LogP contribution in [0.3, 0.4) is 0 Å². The van der Waals surface area contributed by atoms with Crippen molar-refractivity contribution >= 4 is 46.4 Å². The van der Waals surface area contributed by atoms with E-state index < -0.39 is 5.92 Å². The third-order valence-corrected chi connectivity index (χ3v) is 5.22. The van der Waals surface area contributed by atoms with Gasteiger partial charge in [-0.3, -0.25) is 9.59 Å². The van der Waals surface area contributed by atoms with Gasteiger partial charge in [-0.15, -0.1) is 0 Å². The van der Waals surface area contributed by atoms with Gasteiger partial charge in [0.05, 0.1) is 16.0 Å². The van der Waals surface area contributed by atoms with E-state index in [9.17, 15) is 9.59 Å². The van der Waals surface area contributed by atoms with Crippen molar-refractivity contribution in [3.63, 3.8) is 0 Å². The molecule has 1 heterocycles. The molecule has 1 N–H and O–H groups in total. The maximum Gasteiger partial charge on any atom is 0.229 e. The summed E-state index contributed by atoms with van der Waals surface area (Å²) in [6, 6.07) is 10.8. The van der Waals surface area contributed by atoms with Crippen molar-refractivity contribution in [1.29, 1.82) is 0 Å². The average molecular weight is 377 g/mol. The molecule has 1 atom stereocenters. The van der Waals surface area contributed by atoms with E-state index in [0.29, 0.717) is 22.3 Å². The summed E-state index contributed by atoms with van der Waals surface area (Å²) in [5, 5.41) is 3.61. The van der Waals surface area contributed by atoms with Crippen LogP contribution in [0.1, 0.15) is 17.5 Å². The Kier molecular flexibility index (Phi) is 5.02. The first-order valence-corrected chi connectivity index (χ1v) is 8.74. The lowest BCUT2D eigenvalue weighted by molar-refractivity contribution is -0.122. The molecule has 0 unspecified atom stereocenters. The number of nitrogens with one attached hydrogen (secondary N) is 1. The zero-order valence-electron chi connectivity index (χ0n) is 14.0. The van der Waals surface area contributed by atoms with E-state index in [0.717, 1.165) is 11.3 Å². The zero-order chi connectivity index (χ0) is 18.1. The number of rotatable bonds is 3. The predicted octanol–water partition coefficient (Wildman–Crippen LogP) is 4.60. The second kappa shape index (κ2) is 7.06. The second-order valence-electron chi connectivity index (χ2n) is 6.29. The fourth-order valence-electron chi connectivity index (χ4n) is 2.84. The molecule has 1 fully saturated rings. The van der Waals surface area contributed by atoms with Gasteiger partial charge in [0.25, 0.3) is 0 Å². The minimum atomic E-state index is -0.399. The van der Waals surface area contributed by atoms with E-state index >= 15 is 0 Å². The van der Waals surface area contributed by atoms with E-state index in [4.69, 9.17) is 23.2 Å². The average Bonchev–Trinajstić information content (AvgIpc) is 2.95. The van der Waals surface area contributed by atoms with Gasteiger partial charge >= 0.3 is 0 Å². The minimum Gasteiger partial charge on any atom is -0.326 e. The lowest BCUT2D eigenvalue weighted by atomic mass is 10.1. The molecule has 2 amide bonds. The summed E-state index contributed by atoms with van der Waals surface area (Å²) in [6.45, 7) is 4.40. The van der Waals surface area contributed by atoms with Crippen LogP contribution in [-0.2, 0) is 9.59 Å². The number of carbonyl (C=O) groups excluding carboxylic acids is 2. The van der Waals surface area contributed by atoms with Crippen LogP contribution in [0.25, 0.3) is 0 Å². The van der Waals surface area contributed by atoms with Crippen molar-refractivity contribution in [1.82, 2.24) is 0 Å². The fourth-order valence-corrected chi connectivity index (χ4v) is 3.14. The molecule has 25 heavy (non-hydrogen) atoms. The Balaban J connectivity index is 1.71. The number of anilines is 2. The number of hydrogen-bond acceptors (Lipinski definition) is 2. The van der Waals surface area contributed by atoms with Crippen molar-refractivity contribution in [3.05, 3.63) is 57.6 Å². The molecular weight excluding hydrogens is 359 g/mol. The van der Waals surface area contributed by atoms with Crippen molar-refractivity contribution in [2.45, 2.75) is 20.3 Å². The summed E-state index contributed by atoms with van der Waals surface area (Å²) < 4.78 is 0. The quantitative estimate of drug-likeness (QED) is 0.850. The van der Waals surface area contributed by atoms with Crippen molar-refractivity contribution in [2.24, 2.45) is 5.92 Å². The monoisotopic (exact) mass is 376 g/mol. The highest BCUT2D eigenvalue weighted by Crippen LogP contribution is 2.29. The van der Waals surface area contributed by atoms with Gasteiger partial charge in [-0.05, 0) is 55.3 Å². The van der Waals surface area contributed by atoms with Gasteiger partial charge < -0.3 is 10.2 Å². The van der Waals surface area contributed by atoms with E-state index in [1.165, 1.54) is 5.56 Å². The molecule has 2 aromatic rings. The summed E-state index contributed by atoms with van der Waals surface area (Å²) in [4.78, 5) is 26.5. The second-order valence-corrected chi connectivity index (χ2v) is 7.11. The number of nitrogens with zero attached hydrogens (tertiary/aromatic N) is 1. The number of aryl methyl sites for hydroxylation is 2. The first-order chi connectivity index (χ1) is 11.8. The van der Waals surface area contributed by atoms with Crippen LogP contribution in [0.15, 0.2) is 36.4 Å². The van der Waals surface area contributed by atoms with Crippen LogP contribution in [0.2, 0.25) is 10.0 Å². The lowest BCUT2D eigenvalue weighted by Crippen LogP contribution is -2.28. The first kappa shape index (κ1) is 17.8. The molecule has 0 radical (unpaired) electrons. The Hall–Kier alpha value is -2.04. The maximum absolute atomic E-state index is 12.5. The van der Waals surface area contributed by atoms with Crippen molar-refractivity contribution < 1.29 is 9.59 Å². The van der Waals surface area contributed by atoms with E-state index in [1.54, 1.807) is 23.1 Å².